The smallest absolute Gasteiger partial charge is 0.347 e. The molecule has 1 aromatic rings. The maximum absolute atomic E-state index is 13.3. The minimum Gasteiger partial charge on any atom is -0.347 e. The molecule has 0 saturated heterocycles. The number of aromatic nitrogens is 1. The summed E-state index contributed by atoms with van der Waals surface area (Å²) in [5.74, 6) is -0.352. The molecule has 0 bridgehead atoms. The van der Waals surface area contributed by atoms with Crippen molar-refractivity contribution < 1.29 is 17.6 Å². The maximum atomic E-state index is 13.3. The van der Waals surface area contributed by atoms with Crippen molar-refractivity contribution in [1.29, 1.82) is 0 Å². The Hall–Kier alpha value is -1.37. The molecular weight excluding hydrogens is 286 g/mol. The van der Waals surface area contributed by atoms with Gasteiger partial charge in [-0.05, 0) is 25.5 Å². The summed E-state index contributed by atoms with van der Waals surface area (Å²) in [7, 11) is 0. The molecule has 0 aromatic carbocycles. The predicted molar refractivity (Wildman–Crippen MR) is 74.8 cm³/mol. The summed E-state index contributed by atoms with van der Waals surface area (Å²) in [6.45, 7) is 3.92. The van der Waals surface area contributed by atoms with E-state index in [2.05, 4.69) is 10.3 Å². The Kier molecular flexibility index (Phi) is 6.87. The lowest BCUT2D eigenvalue weighted by molar-refractivity contribution is -0.119. The third-order valence-electron chi connectivity index (χ3n) is 2.81. The first kappa shape index (κ1) is 17.7. The minimum absolute atomic E-state index is 0.194. The molecule has 1 rings (SSSR count). The molecule has 21 heavy (non-hydrogen) atoms. The van der Waals surface area contributed by atoms with Crippen LogP contribution in [0, 0.1) is 5.82 Å². The third-order valence-corrected chi connectivity index (χ3v) is 2.81. The van der Waals surface area contributed by atoms with Gasteiger partial charge in [0.2, 0.25) is 0 Å². The second-order valence-corrected chi connectivity index (χ2v) is 4.85. The van der Waals surface area contributed by atoms with Crippen LogP contribution in [-0.4, -0.2) is 30.8 Å². The average molecular weight is 307 g/mol. The zero-order valence-electron chi connectivity index (χ0n) is 12.3. The van der Waals surface area contributed by atoms with Crippen molar-refractivity contribution in [2.75, 3.05) is 24.5 Å². The number of halogens is 4. The molecule has 120 valence electrons. The van der Waals surface area contributed by atoms with E-state index in [4.69, 9.17) is 0 Å². The normalized spacial score (nSPS) is 11.7. The maximum Gasteiger partial charge on any atom is 0.405 e. The van der Waals surface area contributed by atoms with Gasteiger partial charge >= 0.3 is 6.18 Å². The monoisotopic (exact) mass is 307 g/mol. The van der Waals surface area contributed by atoms with Gasteiger partial charge in [-0.1, -0.05) is 13.8 Å². The summed E-state index contributed by atoms with van der Waals surface area (Å²) < 4.78 is 51.3. The van der Waals surface area contributed by atoms with E-state index in [1.807, 2.05) is 6.92 Å². The standard InChI is InChI=1S/C14H21F4N3/c1-3-5-19-8-11-7-12(15)9-20-13(11)21(6-4-2)10-14(16,17)18/h7,9,19H,3-6,8,10H2,1-2H3. The van der Waals surface area contributed by atoms with Gasteiger partial charge < -0.3 is 10.2 Å². The topological polar surface area (TPSA) is 28.2 Å². The molecule has 0 spiro atoms. The first-order chi connectivity index (χ1) is 9.87. The molecule has 0 atom stereocenters. The van der Waals surface area contributed by atoms with E-state index < -0.39 is 18.5 Å². The molecule has 0 saturated carbocycles. The fraction of sp³-hybridized carbons (Fsp3) is 0.643. The first-order valence-electron chi connectivity index (χ1n) is 7.04. The van der Waals surface area contributed by atoms with Gasteiger partial charge in [0.05, 0.1) is 6.20 Å². The number of anilines is 1. The van der Waals surface area contributed by atoms with Gasteiger partial charge in [0, 0.05) is 18.7 Å². The summed E-state index contributed by atoms with van der Waals surface area (Å²) in [4.78, 5) is 5.03. The van der Waals surface area contributed by atoms with Gasteiger partial charge in [0.1, 0.15) is 18.2 Å². The van der Waals surface area contributed by atoms with Crippen LogP contribution in [0.4, 0.5) is 23.4 Å². The molecule has 0 fully saturated rings. The van der Waals surface area contributed by atoms with Gasteiger partial charge in [-0.2, -0.15) is 13.2 Å². The van der Waals surface area contributed by atoms with Gasteiger partial charge in [-0.3, -0.25) is 0 Å². The van der Waals surface area contributed by atoms with Crippen molar-refractivity contribution in [3.8, 4) is 0 Å². The van der Waals surface area contributed by atoms with Crippen LogP contribution in [-0.2, 0) is 6.54 Å². The first-order valence-corrected chi connectivity index (χ1v) is 7.04. The van der Waals surface area contributed by atoms with Gasteiger partial charge in [0.15, 0.2) is 0 Å². The van der Waals surface area contributed by atoms with Crippen LogP contribution in [0.1, 0.15) is 32.3 Å². The number of hydrogen-bond donors (Lipinski definition) is 1. The fourth-order valence-corrected chi connectivity index (χ4v) is 2.03. The van der Waals surface area contributed by atoms with E-state index in [0.29, 0.717) is 25.1 Å². The van der Waals surface area contributed by atoms with Crippen LogP contribution in [0.25, 0.3) is 0 Å². The molecular formula is C14H21F4N3. The quantitative estimate of drug-likeness (QED) is 0.588. The van der Waals surface area contributed by atoms with Crippen molar-refractivity contribution >= 4 is 5.82 Å². The lowest BCUT2D eigenvalue weighted by atomic mass is 10.2. The van der Waals surface area contributed by atoms with Crippen LogP contribution in [0.15, 0.2) is 12.3 Å². The average Bonchev–Trinajstić information content (AvgIpc) is 2.37. The highest BCUT2D eigenvalue weighted by Gasteiger charge is 2.31. The highest BCUT2D eigenvalue weighted by Crippen LogP contribution is 2.24. The number of pyridine rings is 1. The Morgan fingerprint density at radius 1 is 1.24 bits per heavy atom. The minimum atomic E-state index is -4.32. The van der Waals surface area contributed by atoms with Gasteiger partial charge in [0.25, 0.3) is 0 Å². The number of nitrogens with one attached hydrogen (secondary N) is 1. The van der Waals surface area contributed by atoms with Gasteiger partial charge in [-0.25, -0.2) is 9.37 Å². The largest absolute Gasteiger partial charge is 0.405 e. The van der Waals surface area contributed by atoms with E-state index in [-0.39, 0.29) is 12.4 Å². The summed E-state index contributed by atoms with van der Waals surface area (Å²) >= 11 is 0. The lowest BCUT2D eigenvalue weighted by Crippen LogP contribution is -2.36. The van der Waals surface area contributed by atoms with Crippen molar-refractivity contribution in [3.63, 3.8) is 0 Å². The molecule has 0 aliphatic heterocycles. The highest BCUT2D eigenvalue weighted by atomic mass is 19.4. The molecule has 3 nitrogen and oxygen atoms in total. The number of hydrogen-bond acceptors (Lipinski definition) is 3. The predicted octanol–water partition coefficient (Wildman–Crippen LogP) is 3.50. The third kappa shape index (κ3) is 6.29. The molecule has 0 aliphatic carbocycles. The SMILES string of the molecule is CCCNCc1cc(F)cnc1N(CCC)CC(F)(F)F. The molecule has 0 radical (unpaired) electrons. The zero-order chi connectivity index (χ0) is 15.9. The van der Waals surface area contributed by atoms with E-state index in [1.165, 1.54) is 6.07 Å². The second kappa shape index (κ2) is 8.17. The molecule has 0 amide bonds. The van der Waals surface area contributed by atoms with Crippen molar-refractivity contribution in [2.24, 2.45) is 0 Å². The Balaban J connectivity index is 2.99. The van der Waals surface area contributed by atoms with Crippen LogP contribution < -0.4 is 10.2 Å². The Labute approximate surface area is 122 Å². The van der Waals surface area contributed by atoms with Gasteiger partial charge in [-0.15, -0.1) is 0 Å². The Morgan fingerprint density at radius 2 is 1.95 bits per heavy atom. The molecule has 0 unspecified atom stereocenters. The highest BCUT2D eigenvalue weighted by molar-refractivity contribution is 5.47. The van der Waals surface area contributed by atoms with Crippen molar-refractivity contribution in [3.05, 3.63) is 23.6 Å². The van der Waals surface area contributed by atoms with Crippen LogP contribution >= 0.6 is 0 Å². The Bertz CT molecular complexity index is 435. The molecule has 0 aliphatic rings. The molecule has 1 aromatic heterocycles. The van der Waals surface area contributed by atoms with E-state index in [1.54, 1.807) is 6.92 Å². The zero-order valence-corrected chi connectivity index (χ0v) is 12.3. The number of alkyl halides is 3. The molecule has 1 N–H and O–H groups in total. The van der Waals surface area contributed by atoms with E-state index >= 15 is 0 Å². The van der Waals surface area contributed by atoms with Crippen LogP contribution in [0.5, 0.6) is 0 Å². The number of rotatable bonds is 8. The molecule has 1 heterocycles. The summed E-state index contributed by atoms with van der Waals surface area (Å²) in [6.07, 6.45) is -1.92. The van der Waals surface area contributed by atoms with Crippen molar-refractivity contribution in [2.45, 2.75) is 39.4 Å². The van der Waals surface area contributed by atoms with E-state index in [9.17, 15) is 17.6 Å². The fourth-order valence-electron chi connectivity index (χ4n) is 2.03. The molecule has 7 heteroatoms. The van der Waals surface area contributed by atoms with Crippen LogP contribution in [0.3, 0.4) is 0 Å². The van der Waals surface area contributed by atoms with Crippen molar-refractivity contribution in [1.82, 2.24) is 10.3 Å². The second-order valence-electron chi connectivity index (χ2n) is 4.85. The Morgan fingerprint density at radius 3 is 2.52 bits per heavy atom. The van der Waals surface area contributed by atoms with E-state index in [0.717, 1.165) is 17.5 Å². The number of nitrogens with zero attached hydrogens (tertiary/aromatic N) is 2. The van der Waals surface area contributed by atoms with Crippen LogP contribution in [0.2, 0.25) is 0 Å². The summed E-state index contributed by atoms with van der Waals surface area (Å²) in [5, 5.41) is 3.06. The summed E-state index contributed by atoms with van der Waals surface area (Å²) in [6, 6.07) is 1.24. The lowest BCUT2D eigenvalue weighted by Gasteiger charge is -2.26. The summed E-state index contributed by atoms with van der Waals surface area (Å²) in [5.41, 5.74) is 0.446.